The van der Waals surface area contributed by atoms with Crippen molar-refractivity contribution >= 4 is 32.8 Å². The summed E-state index contributed by atoms with van der Waals surface area (Å²) in [4.78, 5) is 20.8. The molecule has 0 saturated heterocycles. The molecule has 0 aliphatic rings. The van der Waals surface area contributed by atoms with Crippen molar-refractivity contribution in [3.8, 4) is 22.9 Å². The van der Waals surface area contributed by atoms with Crippen LogP contribution in [0, 0.1) is 6.92 Å². The van der Waals surface area contributed by atoms with Crippen molar-refractivity contribution in [1.82, 2.24) is 9.97 Å². The van der Waals surface area contributed by atoms with E-state index in [9.17, 15) is 9.90 Å². The molecule has 1 N–H and O–H groups in total. The zero-order valence-electron chi connectivity index (χ0n) is 13.7. The van der Waals surface area contributed by atoms with Crippen LogP contribution in [0.4, 0.5) is 0 Å². The van der Waals surface area contributed by atoms with Crippen LogP contribution >= 0.6 is 15.9 Å². The van der Waals surface area contributed by atoms with Crippen LogP contribution in [0.15, 0.2) is 63.5 Å². The molecule has 128 valence electrons. The van der Waals surface area contributed by atoms with Crippen LogP contribution in [0.1, 0.15) is 16.1 Å². The summed E-state index contributed by atoms with van der Waals surface area (Å²) in [6.45, 7) is 1.82. The zero-order valence-corrected chi connectivity index (χ0v) is 15.3. The number of rotatable bonds is 3. The van der Waals surface area contributed by atoms with Crippen LogP contribution in [0.5, 0.6) is 0 Å². The zero-order chi connectivity index (χ0) is 18.3. The molecule has 0 aliphatic heterocycles. The largest absolute Gasteiger partial charge is 0.478 e. The maximum Gasteiger partial charge on any atom is 0.336 e. The van der Waals surface area contributed by atoms with E-state index in [0.717, 1.165) is 10.0 Å². The van der Waals surface area contributed by atoms with E-state index in [1.54, 1.807) is 12.1 Å². The first-order valence-corrected chi connectivity index (χ1v) is 8.69. The molecule has 0 spiro atoms. The van der Waals surface area contributed by atoms with Gasteiger partial charge < -0.3 is 9.52 Å². The van der Waals surface area contributed by atoms with Gasteiger partial charge in [0.05, 0.1) is 16.8 Å². The minimum atomic E-state index is -1.02. The van der Waals surface area contributed by atoms with Crippen molar-refractivity contribution in [2.75, 3.05) is 0 Å². The lowest BCUT2D eigenvalue weighted by atomic mass is 10.1. The third-order valence-electron chi connectivity index (χ3n) is 4.05. The Bertz CT molecular complexity index is 1140. The first-order valence-electron chi connectivity index (χ1n) is 7.90. The van der Waals surface area contributed by atoms with Crippen molar-refractivity contribution in [3.05, 3.63) is 70.3 Å². The first-order chi connectivity index (χ1) is 12.5. The van der Waals surface area contributed by atoms with Gasteiger partial charge in [-0.05, 0) is 43.3 Å². The minimum Gasteiger partial charge on any atom is -0.478 e. The predicted molar refractivity (Wildman–Crippen MR) is 102 cm³/mol. The van der Waals surface area contributed by atoms with E-state index in [-0.39, 0.29) is 5.56 Å². The van der Waals surface area contributed by atoms with Gasteiger partial charge in [0.2, 0.25) is 5.89 Å². The Morgan fingerprint density at radius 1 is 1.08 bits per heavy atom. The molecule has 2 heterocycles. The number of aryl methyl sites for hydroxylation is 1. The van der Waals surface area contributed by atoms with E-state index in [4.69, 9.17) is 4.42 Å². The average molecular weight is 409 g/mol. The lowest BCUT2D eigenvalue weighted by Crippen LogP contribution is -2.00. The monoisotopic (exact) mass is 408 g/mol. The number of carbonyl (C=O) groups is 1. The van der Waals surface area contributed by atoms with Crippen molar-refractivity contribution < 1.29 is 14.3 Å². The lowest BCUT2D eigenvalue weighted by molar-refractivity contribution is 0.0699. The van der Waals surface area contributed by atoms with Gasteiger partial charge in [0, 0.05) is 15.4 Å². The highest BCUT2D eigenvalue weighted by Crippen LogP contribution is 2.31. The second kappa shape index (κ2) is 6.38. The number of benzene rings is 2. The third kappa shape index (κ3) is 2.88. The molecule has 0 aliphatic carbocycles. The van der Waals surface area contributed by atoms with Gasteiger partial charge >= 0.3 is 5.97 Å². The normalized spacial score (nSPS) is 11.0. The minimum absolute atomic E-state index is 0.170. The molecular formula is C20H13BrN2O3. The second-order valence-electron chi connectivity index (χ2n) is 5.82. The summed E-state index contributed by atoms with van der Waals surface area (Å²) in [6, 6.07) is 16.4. The van der Waals surface area contributed by atoms with Gasteiger partial charge in [-0.15, -0.1) is 0 Å². The number of aromatic carboxylic acids is 1. The van der Waals surface area contributed by atoms with Crippen LogP contribution in [-0.4, -0.2) is 21.0 Å². The standard InChI is InChI=1S/C20H13BrN2O3/c1-11-18(26-19(22-11)12-5-3-2-4-6-12)17-10-15(20(24)25)14-9-13(21)7-8-16(14)23-17/h2-10H,1H3,(H,24,25). The Morgan fingerprint density at radius 3 is 2.58 bits per heavy atom. The number of hydrogen-bond donors (Lipinski definition) is 1. The van der Waals surface area contributed by atoms with E-state index in [2.05, 4.69) is 25.9 Å². The highest BCUT2D eigenvalue weighted by Gasteiger charge is 2.19. The third-order valence-corrected chi connectivity index (χ3v) is 4.54. The fraction of sp³-hybridized carbons (Fsp3) is 0.0500. The molecule has 26 heavy (non-hydrogen) atoms. The Hall–Kier alpha value is -2.99. The summed E-state index contributed by atoms with van der Waals surface area (Å²) in [5, 5.41) is 10.2. The summed E-state index contributed by atoms with van der Waals surface area (Å²) < 4.78 is 6.71. The van der Waals surface area contributed by atoms with E-state index in [1.165, 1.54) is 6.07 Å². The fourth-order valence-electron chi connectivity index (χ4n) is 2.83. The summed E-state index contributed by atoms with van der Waals surface area (Å²) in [7, 11) is 0. The summed E-state index contributed by atoms with van der Waals surface area (Å²) >= 11 is 3.37. The molecule has 2 aromatic heterocycles. The first kappa shape index (κ1) is 16.5. The van der Waals surface area contributed by atoms with Gasteiger partial charge in [0.15, 0.2) is 5.76 Å². The van der Waals surface area contributed by atoms with Gasteiger partial charge in [0.1, 0.15) is 5.69 Å². The van der Waals surface area contributed by atoms with Crippen molar-refractivity contribution in [2.24, 2.45) is 0 Å². The molecular weight excluding hydrogens is 396 g/mol. The molecule has 4 rings (SSSR count). The summed E-state index contributed by atoms with van der Waals surface area (Å²) in [5.41, 5.74) is 2.71. The average Bonchev–Trinajstić information content (AvgIpc) is 3.03. The smallest absolute Gasteiger partial charge is 0.336 e. The number of nitrogens with zero attached hydrogens (tertiary/aromatic N) is 2. The molecule has 0 fully saturated rings. The molecule has 0 bridgehead atoms. The highest BCUT2D eigenvalue weighted by atomic mass is 79.9. The van der Waals surface area contributed by atoms with Gasteiger partial charge in [-0.25, -0.2) is 14.8 Å². The molecule has 0 amide bonds. The lowest BCUT2D eigenvalue weighted by Gasteiger charge is -2.06. The van der Waals surface area contributed by atoms with E-state index < -0.39 is 5.97 Å². The Kier molecular flexibility index (Phi) is 4.05. The number of aromatic nitrogens is 2. The number of hydrogen-bond acceptors (Lipinski definition) is 4. The Balaban J connectivity index is 1.91. The van der Waals surface area contributed by atoms with Gasteiger partial charge in [-0.1, -0.05) is 34.1 Å². The molecule has 0 saturated carbocycles. The maximum absolute atomic E-state index is 11.7. The Morgan fingerprint density at radius 2 is 1.85 bits per heavy atom. The van der Waals surface area contributed by atoms with E-state index in [1.807, 2.05) is 43.3 Å². The predicted octanol–water partition coefficient (Wildman–Crippen LogP) is 5.33. The van der Waals surface area contributed by atoms with E-state index in [0.29, 0.717) is 33.9 Å². The topological polar surface area (TPSA) is 76.2 Å². The van der Waals surface area contributed by atoms with Crippen molar-refractivity contribution in [3.63, 3.8) is 0 Å². The maximum atomic E-state index is 11.7. The molecule has 0 radical (unpaired) electrons. The molecule has 4 aromatic rings. The number of pyridine rings is 1. The van der Waals surface area contributed by atoms with Crippen LogP contribution in [0.2, 0.25) is 0 Å². The van der Waals surface area contributed by atoms with Crippen molar-refractivity contribution in [2.45, 2.75) is 6.92 Å². The van der Waals surface area contributed by atoms with Gasteiger partial charge in [-0.3, -0.25) is 0 Å². The van der Waals surface area contributed by atoms with Gasteiger partial charge in [-0.2, -0.15) is 0 Å². The van der Waals surface area contributed by atoms with Crippen LogP contribution in [0.25, 0.3) is 33.8 Å². The van der Waals surface area contributed by atoms with Crippen LogP contribution in [0.3, 0.4) is 0 Å². The van der Waals surface area contributed by atoms with E-state index >= 15 is 0 Å². The van der Waals surface area contributed by atoms with Crippen LogP contribution in [-0.2, 0) is 0 Å². The number of fused-ring (bicyclic) bond motifs is 1. The Labute approximate surface area is 157 Å². The molecule has 2 aromatic carbocycles. The second-order valence-corrected chi connectivity index (χ2v) is 6.74. The quantitative estimate of drug-likeness (QED) is 0.495. The fourth-order valence-corrected chi connectivity index (χ4v) is 3.19. The molecule has 0 unspecified atom stereocenters. The highest BCUT2D eigenvalue weighted by molar-refractivity contribution is 9.10. The van der Waals surface area contributed by atoms with Crippen molar-refractivity contribution in [1.29, 1.82) is 0 Å². The summed E-state index contributed by atoms with van der Waals surface area (Å²) in [5.74, 6) is -0.0685. The van der Waals surface area contributed by atoms with Gasteiger partial charge in [0.25, 0.3) is 0 Å². The number of carboxylic acid groups (broad SMARTS) is 1. The molecule has 0 atom stereocenters. The number of halogens is 1. The molecule has 5 nitrogen and oxygen atoms in total. The SMILES string of the molecule is Cc1nc(-c2ccccc2)oc1-c1cc(C(=O)O)c2cc(Br)ccc2n1. The summed E-state index contributed by atoms with van der Waals surface area (Å²) in [6.07, 6.45) is 0. The molecule has 6 heteroatoms. The number of oxazole rings is 1. The van der Waals surface area contributed by atoms with Crippen LogP contribution < -0.4 is 0 Å². The number of carboxylic acids is 1.